The van der Waals surface area contributed by atoms with Gasteiger partial charge in [0.1, 0.15) is 5.75 Å². The van der Waals surface area contributed by atoms with E-state index in [2.05, 4.69) is 5.32 Å². The van der Waals surface area contributed by atoms with Gasteiger partial charge in [-0.3, -0.25) is 9.00 Å². The zero-order chi connectivity index (χ0) is 16.8. The Balaban J connectivity index is 2.18. The van der Waals surface area contributed by atoms with Crippen molar-refractivity contribution < 1.29 is 13.7 Å². The first kappa shape index (κ1) is 17.5. The summed E-state index contributed by atoms with van der Waals surface area (Å²) in [5, 5.41) is 3.32. The van der Waals surface area contributed by atoms with E-state index in [0.717, 1.165) is 6.42 Å². The van der Waals surface area contributed by atoms with Gasteiger partial charge in [-0.05, 0) is 48.9 Å². The number of benzene rings is 2. The van der Waals surface area contributed by atoms with Crippen LogP contribution in [0, 0.1) is 0 Å². The zero-order valence-corrected chi connectivity index (χ0v) is 14.5. The molecule has 0 saturated carbocycles. The predicted molar refractivity (Wildman–Crippen MR) is 94.0 cm³/mol. The molecule has 2 rings (SSSR count). The van der Waals surface area contributed by atoms with E-state index in [9.17, 15) is 9.00 Å². The van der Waals surface area contributed by atoms with Crippen molar-refractivity contribution in [1.82, 2.24) is 0 Å². The molecule has 0 bridgehead atoms. The van der Waals surface area contributed by atoms with Crippen molar-refractivity contribution in [1.29, 1.82) is 0 Å². The summed E-state index contributed by atoms with van der Waals surface area (Å²) in [6.07, 6.45) is 2.46. The Morgan fingerprint density at radius 2 is 1.91 bits per heavy atom. The number of carbonyl (C=O) groups is 1. The van der Waals surface area contributed by atoms with Crippen molar-refractivity contribution in [2.45, 2.75) is 18.2 Å². The number of carbonyl (C=O) groups excluding carboxylic acids is 1. The fourth-order valence-electron chi connectivity index (χ4n) is 1.93. The third-order valence-corrected chi connectivity index (χ3v) is 4.27. The minimum Gasteiger partial charge on any atom is -0.491 e. The third-order valence-electron chi connectivity index (χ3n) is 3.10. The van der Waals surface area contributed by atoms with Crippen molar-refractivity contribution >= 4 is 34.0 Å². The molecule has 0 spiro atoms. The van der Waals surface area contributed by atoms with Gasteiger partial charge in [0, 0.05) is 32.5 Å². The van der Waals surface area contributed by atoms with E-state index < -0.39 is 10.8 Å². The molecule has 4 nitrogen and oxygen atoms in total. The second-order valence-corrected chi connectivity index (χ2v) is 6.74. The largest absolute Gasteiger partial charge is 0.491 e. The van der Waals surface area contributed by atoms with E-state index in [1.54, 1.807) is 48.7 Å². The fraction of sp³-hybridized carbons (Fsp3) is 0.235. The maximum Gasteiger partial charge on any atom is 0.255 e. The molecule has 0 radical (unpaired) electrons. The van der Waals surface area contributed by atoms with Gasteiger partial charge < -0.3 is 10.1 Å². The molecule has 23 heavy (non-hydrogen) atoms. The van der Waals surface area contributed by atoms with Crippen molar-refractivity contribution in [2.24, 2.45) is 0 Å². The zero-order valence-electron chi connectivity index (χ0n) is 13.0. The summed E-state index contributed by atoms with van der Waals surface area (Å²) in [6, 6.07) is 11.7. The quantitative estimate of drug-likeness (QED) is 0.851. The molecular formula is C17H18ClNO3S. The highest BCUT2D eigenvalue weighted by molar-refractivity contribution is 7.84. The highest BCUT2D eigenvalue weighted by Gasteiger charge is 2.11. The first-order valence-corrected chi connectivity index (χ1v) is 9.12. The molecule has 0 aromatic heterocycles. The van der Waals surface area contributed by atoms with E-state index in [0.29, 0.717) is 33.5 Å². The van der Waals surface area contributed by atoms with Crippen LogP contribution in [0.15, 0.2) is 47.4 Å². The number of ether oxygens (including phenoxy) is 1. The molecule has 0 aliphatic carbocycles. The van der Waals surface area contributed by atoms with E-state index in [1.165, 1.54) is 0 Å². The molecule has 1 N–H and O–H groups in total. The number of hydrogen-bond donors (Lipinski definition) is 1. The lowest BCUT2D eigenvalue weighted by atomic mass is 10.2. The van der Waals surface area contributed by atoms with Gasteiger partial charge in [-0.1, -0.05) is 18.5 Å². The van der Waals surface area contributed by atoms with Crippen LogP contribution < -0.4 is 10.1 Å². The van der Waals surface area contributed by atoms with Crippen LogP contribution in [0.2, 0.25) is 5.02 Å². The summed E-state index contributed by atoms with van der Waals surface area (Å²) in [7, 11) is -1.07. The van der Waals surface area contributed by atoms with Crippen molar-refractivity contribution in [2.75, 3.05) is 18.2 Å². The Hall–Kier alpha value is -1.85. The van der Waals surface area contributed by atoms with Gasteiger partial charge in [-0.2, -0.15) is 0 Å². The average Bonchev–Trinajstić information content (AvgIpc) is 2.54. The maximum absolute atomic E-state index is 12.3. The minimum absolute atomic E-state index is 0.276. The van der Waals surface area contributed by atoms with Crippen LogP contribution in [0.3, 0.4) is 0 Å². The van der Waals surface area contributed by atoms with Gasteiger partial charge in [0.2, 0.25) is 0 Å². The molecule has 0 fully saturated rings. The molecule has 1 amide bonds. The Morgan fingerprint density at radius 3 is 2.52 bits per heavy atom. The van der Waals surface area contributed by atoms with Crippen LogP contribution in [0.25, 0.3) is 0 Å². The number of hydrogen-bond acceptors (Lipinski definition) is 3. The van der Waals surface area contributed by atoms with Crippen molar-refractivity contribution in [3.8, 4) is 5.75 Å². The SMILES string of the molecule is CCCOc1ccc(Cl)cc1NC(=O)c1ccc(S(C)=O)cc1. The summed E-state index contributed by atoms with van der Waals surface area (Å²) >= 11 is 6.00. The maximum atomic E-state index is 12.3. The first-order chi connectivity index (χ1) is 11.0. The van der Waals surface area contributed by atoms with Gasteiger partial charge in [0.15, 0.2) is 0 Å². The molecular weight excluding hydrogens is 334 g/mol. The number of halogens is 1. The Kier molecular flexibility index (Phi) is 6.19. The molecule has 0 saturated heterocycles. The normalized spacial score (nSPS) is 11.8. The lowest BCUT2D eigenvalue weighted by Gasteiger charge is -2.12. The highest BCUT2D eigenvalue weighted by atomic mass is 35.5. The van der Waals surface area contributed by atoms with Gasteiger partial charge >= 0.3 is 0 Å². The summed E-state index contributed by atoms with van der Waals surface area (Å²) in [4.78, 5) is 13.0. The van der Waals surface area contributed by atoms with Crippen LogP contribution in [0.4, 0.5) is 5.69 Å². The monoisotopic (exact) mass is 351 g/mol. The highest BCUT2D eigenvalue weighted by Crippen LogP contribution is 2.28. The third kappa shape index (κ3) is 4.81. The van der Waals surface area contributed by atoms with Crippen molar-refractivity contribution in [3.63, 3.8) is 0 Å². The molecule has 122 valence electrons. The molecule has 0 heterocycles. The molecule has 0 aliphatic heterocycles. The molecule has 2 aromatic rings. The molecule has 1 atom stereocenters. The molecule has 6 heteroatoms. The number of anilines is 1. The number of rotatable bonds is 6. The smallest absolute Gasteiger partial charge is 0.255 e. The van der Waals surface area contributed by atoms with E-state index in [1.807, 2.05) is 6.92 Å². The van der Waals surface area contributed by atoms with Crippen molar-refractivity contribution in [3.05, 3.63) is 53.1 Å². The molecule has 2 aromatic carbocycles. The van der Waals surface area contributed by atoms with Gasteiger partial charge in [0.05, 0.1) is 12.3 Å². The number of amides is 1. The predicted octanol–water partition coefficient (Wildman–Crippen LogP) is 4.12. The molecule has 1 unspecified atom stereocenters. The Morgan fingerprint density at radius 1 is 1.22 bits per heavy atom. The second kappa shape index (κ2) is 8.13. The lowest BCUT2D eigenvalue weighted by Crippen LogP contribution is -2.13. The summed E-state index contributed by atoms with van der Waals surface area (Å²) in [5.74, 6) is 0.304. The fourth-order valence-corrected chi connectivity index (χ4v) is 2.62. The van der Waals surface area contributed by atoms with Crippen LogP contribution in [-0.2, 0) is 10.8 Å². The van der Waals surface area contributed by atoms with Gasteiger partial charge in [-0.15, -0.1) is 0 Å². The summed E-state index contributed by atoms with van der Waals surface area (Å²) < 4.78 is 17.0. The first-order valence-electron chi connectivity index (χ1n) is 7.18. The summed E-state index contributed by atoms with van der Waals surface area (Å²) in [5.41, 5.74) is 1.000. The van der Waals surface area contributed by atoms with E-state index in [4.69, 9.17) is 16.3 Å². The van der Waals surface area contributed by atoms with E-state index >= 15 is 0 Å². The van der Waals surface area contributed by atoms with Crippen LogP contribution in [0.1, 0.15) is 23.7 Å². The topological polar surface area (TPSA) is 55.4 Å². The molecule has 0 aliphatic rings. The standard InChI is InChI=1S/C17H18ClNO3S/c1-3-10-22-16-9-6-13(18)11-15(16)19-17(20)12-4-7-14(8-5-12)23(2)21/h4-9,11H,3,10H2,1-2H3,(H,19,20). The second-order valence-electron chi connectivity index (χ2n) is 4.92. The average molecular weight is 352 g/mol. The minimum atomic E-state index is -1.07. The Labute approximate surface area is 143 Å². The summed E-state index contributed by atoms with van der Waals surface area (Å²) in [6.45, 7) is 2.56. The lowest BCUT2D eigenvalue weighted by molar-refractivity contribution is 0.102. The van der Waals surface area contributed by atoms with Crippen LogP contribution in [0.5, 0.6) is 5.75 Å². The van der Waals surface area contributed by atoms with Gasteiger partial charge in [0.25, 0.3) is 5.91 Å². The van der Waals surface area contributed by atoms with Crippen LogP contribution >= 0.6 is 11.6 Å². The van der Waals surface area contributed by atoms with E-state index in [-0.39, 0.29) is 5.91 Å². The number of nitrogens with one attached hydrogen (secondary N) is 1. The Bertz CT molecular complexity index is 716. The van der Waals surface area contributed by atoms with Gasteiger partial charge in [-0.25, -0.2) is 0 Å². The van der Waals surface area contributed by atoms with Crippen LogP contribution in [-0.4, -0.2) is 23.0 Å².